The van der Waals surface area contributed by atoms with E-state index in [1.165, 1.54) is 5.56 Å². The fraction of sp³-hybridized carbons (Fsp3) is 0.421. The monoisotopic (exact) mass is 388 g/mol. The Kier molecular flexibility index (Phi) is 6.60. The predicted octanol–water partition coefficient (Wildman–Crippen LogP) is 2.16. The number of benzene rings is 1. The average Bonchev–Trinajstić information content (AvgIpc) is 3.30. The molecule has 1 aliphatic rings. The molecule has 1 saturated heterocycles. The molecule has 0 saturated carbocycles. The van der Waals surface area contributed by atoms with Crippen molar-refractivity contribution in [2.24, 2.45) is 7.05 Å². The molecule has 1 N–H and O–H groups in total. The van der Waals surface area contributed by atoms with E-state index in [1.807, 2.05) is 25.5 Å². The number of aromatic nitrogens is 4. The van der Waals surface area contributed by atoms with Gasteiger partial charge in [0.15, 0.2) is 5.82 Å². The first-order chi connectivity index (χ1) is 12.8. The molecule has 1 unspecified atom stereocenters. The molecule has 0 bridgehead atoms. The second-order valence-electron chi connectivity index (χ2n) is 6.68. The Labute approximate surface area is 165 Å². The van der Waals surface area contributed by atoms with Gasteiger partial charge in [0.25, 0.3) is 0 Å². The average molecular weight is 389 g/mol. The first-order valence-corrected chi connectivity index (χ1v) is 9.07. The van der Waals surface area contributed by atoms with E-state index >= 15 is 0 Å². The van der Waals surface area contributed by atoms with E-state index in [0.717, 1.165) is 44.1 Å². The summed E-state index contributed by atoms with van der Waals surface area (Å²) in [6, 6.07) is 10.6. The molecule has 3 aromatic rings. The lowest BCUT2D eigenvalue weighted by Gasteiger charge is -2.34. The molecule has 27 heavy (non-hydrogen) atoms. The van der Waals surface area contributed by atoms with Gasteiger partial charge in [0.05, 0.1) is 12.6 Å². The summed E-state index contributed by atoms with van der Waals surface area (Å²) in [5.74, 6) is 2.50. The van der Waals surface area contributed by atoms with Gasteiger partial charge in [0.1, 0.15) is 5.82 Å². The molecule has 144 valence electrons. The van der Waals surface area contributed by atoms with Gasteiger partial charge in [-0.3, -0.25) is 4.90 Å². The number of hydrogen-bond acceptors (Lipinski definition) is 6. The highest BCUT2D eigenvalue weighted by Gasteiger charge is 2.28. The zero-order chi connectivity index (χ0) is 17.8. The second-order valence-corrected chi connectivity index (χ2v) is 6.68. The summed E-state index contributed by atoms with van der Waals surface area (Å²) in [7, 11) is 2.03. The summed E-state index contributed by atoms with van der Waals surface area (Å²) in [5, 5.41) is 7.60. The third kappa shape index (κ3) is 4.74. The molecule has 3 heterocycles. The molecular formula is C19H25ClN6O. The van der Waals surface area contributed by atoms with Crippen molar-refractivity contribution in [1.29, 1.82) is 0 Å². The highest BCUT2D eigenvalue weighted by molar-refractivity contribution is 5.85. The molecular weight excluding hydrogens is 364 g/mol. The number of aryl methyl sites for hydroxylation is 3. The van der Waals surface area contributed by atoms with Gasteiger partial charge >= 0.3 is 0 Å². The number of nitrogens with zero attached hydrogens (tertiary/aromatic N) is 5. The lowest BCUT2D eigenvalue weighted by Crippen LogP contribution is -2.46. The Hall–Kier alpha value is -2.22. The molecule has 1 aliphatic heterocycles. The van der Waals surface area contributed by atoms with Crippen LogP contribution in [0.2, 0.25) is 0 Å². The number of hydrogen-bond donors (Lipinski definition) is 1. The lowest BCUT2D eigenvalue weighted by molar-refractivity contribution is 0.128. The Morgan fingerprint density at radius 1 is 1.22 bits per heavy atom. The molecule has 7 nitrogen and oxygen atoms in total. The van der Waals surface area contributed by atoms with Crippen LogP contribution in [0.4, 0.5) is 0 Å². The summed E-state index contributed by atoms with van der Waals surface area (Å²) in [4.78, 5) is 11.5. The van der Waals surface area contributed by atoms with Crippen LogP contribution in [-0.2, 0) is 26.4 Å². The summed E-state index contributed by atoms with van der Waals surface area (Å²) >= 11 is 0. The number of nitrogens with one attached hydrogen (secondary N) is 1. The van der Waals surface area contributed by atoms with Crippen molar-refractivity contribution in [2.45, 2.75) is 25.4 Å². The lowest BCUT2D eigenvalue weighted by atomic mass is 10.1. The first kappa shape index (κ1) is 19.5. The Balaban J connectivity index is 0.00000210. The first-order valence-electron chi connectivity index (χ1n) is 9.07. The molecule has 0 amide bonds. The number of rotatable bonds is 6. The van der Waals surface area contributed by atoms with Gasteiger partial charge in [-0.2, -0.15) is 4.98 Å². The van der Waals surface area contributed by atoms with Crippen molar-refractivity contribution in [1.82, 2.24) is 29.9 Å². The highest BCUT2D eigenvalue weighted by Crippen LogP contribution is 2.22. The van der Waals surface area contributed by atoms with E-state index in [2.05, 4.69) is 54.2 Å². The maximum absolute atomic E-state index is 5.50. The maximum atomic E-state index is 5.50. The van der Waals surface area contributed by atoms with Crippen LogP contribution < -0.4 is 5.32 Å². The Morgan fingerprint density at radius 3 is 2.85 bits per heavy atom. The third-order valence-corrected chi connectivity index (χ3v) is 4.84. The normalized spacial score (nSPS) is 17.6. The van der Waals surface area contributed by atoms with Crippen molar-refractivity contribution in [3.8, 4) is 0 Å². The molecule has 2 aromatic heterocycles. The molecule has 8 heteroatoms. The quantitative estimate of drug-likeness (QED) is 0.697. The van der Waals surface area contributed by atoms with Crippen LogP contribution in [0.15, 0.2) is 47.2 Å². The van der Waals surface area contributed by atoms with E-state index in [4.69, 9.17) is 4.52 Å². The summed E-state index contributed by atoms with van der Waals surface area (Å²) in [6.45, 7) is 3.41. The minimum atomic E-state index is 0. The molecule has 0 spiro atoms. The zero-order valence-corrected chi connectivity index (χ0v) is 16.2. The van der Waals surface area contributed by atoms with E-state index in [1.54, 1.807) is 0 Å². The Bertz CT molecular complexity index is 834. The topological polar surface area (TPSA) is 72.0 Å². The SMILES string of the molecule is Cl.Cn1ccnc1C1CNCCN1Cc1nc(CCc2ccccc2)no1. The summed E-state index contributed by atoms with van der Waals surface area (Å²) < 4.78 is 7.57. The van der Waals surface area contributed by atoms with Crippen LogP contribution in [0.5, 0.6) is 0 Å². The third-order valence-electron chi connectivity index (χ3n) is 4.84. The van der Waals surface area contributed by atoms with Gasteiger partial charge in [-0.05, 0) is 12.0 Å². The second kappa shape index (κ2) is 9.12. The van der Waals surface area contributed by atoms with Gasteiger partial charge in [-0.1, -0.05) is 35.5 Å². The van der Waals surface area contributed by atoms with Gasteiger partial charge in [-0.15, -0.1) is 12.4 Å². The highest BCUT2D eigenvalue weighted by atomic mass is 35.5. The fourth-order valence-electron chi connectivity index (χ4n) is 3.42. The van der Waals surface area contributed by atoms with Crippen molar-refractivity contribution in [3.05, 3.63) is 65.8 Å². The van der Waals surface area contributed by atoms with Crippen LogP contribution in [0.3, 0.4) is 0 Å². The van der Waals surface area contributed by atoms with Crippen LogP contribution in [-0.4, -0.2) is 44.2 Å². The van der Waals surface area contributed by atoms with E-state index in [9.17, 15) is 0 Å². The van der Waals surface area contributed by atoms with Crippen LogP contribution >= 0.6 is 12.4 Å². The van der Waals surface area contributed by atoms with Crippen molar-refractivity contribution in [2.75, 3.05) is 19.6 Å². The van der Waals surface area contributed by atoms with Gasteiger partial charge in [0, 0.05) is 45.5 Å². The summed E-state index contributed by atoms with van der Waals surface area (Å²) in [6.07, 6.45) is 5.54. The summed E-state index contributed by atoms with van der Waals surface area (Å²) in [5.41, 5.74) is 1.29. The zero-order valence-electron chi connectivity index (χ0n) is 15.4. The standard InChI is InChI=1S/C19H24N6O.ClH/c1-24-11-10-21-19(24)16-13-20-9-12-25(16)14-18-22-17(23-26-18)8-7-15-5-3-2-4-6-15;/h2-6,10-11,16,20H,7-9,12-14H2,1H3;1H. The van der Waals surface area contributed by atoms with Gasteiger partial charge in [0.2, 0.25) is 5.89 Å². The van der Waals surface area contributed by atoms with Crippen LogP contribution in [0.1, 0.15) is 29.1 Å². The molecule has 1 aromatic carbocycles. The maximum Gasteiger partial charge on any atom is 0.240 e. The van der Waals surface area contributed by atoms with E-state index in [-0.39, 0.29) is 18.4 Å². The number of halogens is 1. The molecule has 1 atom stereocenters. The van der Waals surface area contributed by atoms with Gasteiger partial charge in [-0.25, -0.2) is 4.98 Å². The minimum Gasteiger partial charge on any atom is -0.338 e. The Morgan fingerprint density at radius 2 is 2.07 bits per heavy atom. The minimum absolute atomic E-state index is 0. The molecule has 1 fully saturated rings. The molecule has 0 radical (unpaired) electrons. The smallest absolute Gasteiger partial charge is 0.240 e. The fourth-order valence-corrected chi connectivity index (χ4v) is 3.42. The van der Waals surface area contributed by atoms with E-state index in [0.29, 0.717) is 12.4 Å². The largest absolute Gasteiger partial charge is 0.338 e. The van der Waals surface area contributed by atoms with Crippen molar-refractivity contribution in [3.63, 3.8) is 0 Å². The molecule has 0 aliphatic carbocycles. The predicted molar refractivity (Wildman–Crippen MR) is 105 cm³/mol. The number of piperazine rings is 1. The van der Waals surface area contributed by atoms with Gasteiger partial charge < -0.3 is 14.4 Å². The van der Waals surface area contributed by atoms with E-state index < -0.39 is 0 Å². The van der Waals surface area contributed by atoms with Crippen LogP contribution in [0, 0.1) is 0 Å². The van der Waals surface area contributed by atoms with Crippen molar-refractivity contribution >= 4 is 12.4 Å². The van der Waals surface area contributed by atoms with Crippen molar-refractivity contribution < 1.29 is 4.52 Å². The molecule has 4 rings (SSSR count). The van der Waals surface area contributed by atoms with Crippen LogP contribution in [0.25, 0.3) is 0 Å². The number of imidazole rings is 1.